The molecule has 0 fully saturated rings. The highest BCUT2D eigenvalue weighted by molar-refractivity contribution is 5.32. The zero-order valence-corrected chi connectivity index (χ0v) is 9.23. The Morgan fingerprint density at radius 3 is 2.73 bits per heavy atom. The van der Waals surface area contributed by atoms with Crippen molar-refractivity contribution in [3.8, 4) is 5.75 Å². The van der Waals surface area contributed by atoms with E-state index >= 15 is 0 Å². The SMILES string of the molecule is C=CC(NN)c1cccc(OC(C)C)c1. The Bertz CT molecular complexity index is 323. The number of hydrazine groups is 1. The third-order valence-corrected chi connectivity index (χ3v) is 2.00. The minimum absolute atomic E-state index is 0.0410. The van der Waals surface area contributed by atoms with Gasteiger partial charge in [-0.25, -0.2) is 5.43 Å². The number of hydrogen-bond donors (Lipinski definition) is 2. The summed E-state index contributed by atoms with van der Waals surface area (Å²) in [4.78, 5) is 0. The first kappa shape index (κ1) is 11.8. The standard InChI is InChI=1S/C12H18N2O/c1-4-12(14-13)10-6-5-7-11(8-10)15-9(2)3/h4-9,12,14H,1,13H2,2-3H3. The zero-order valence-electron chi connectivity index (χ0n) is 9.23. The van der Waals surface area contributed by atoms with Crippen LogP contribution in [0.1, 0.15) is 25.5 Å². The molecule has 82 valence electrons. The Morgan fingerprint density at radius 1 is 1.47 bits per heavy atom. The number of rotatable bonds is 5. The highest BCUT2D eigenvalue weighted by atomic mass is 16.5. The van der Waals surface area contributed by atoms with Gasteiger partial charge in [0.25, 0.3) is 0 Å². The number of nitrogens with two attached hydrogens (primary N) is 1. The van der Waals surface area contributed by atoms with Crippen molar-refractivity contribution >= 4 is 0 Å². The topological polar surface area (TPSA) is 47.3 Å². The van der Waals surface area contributed by atoms with E-state index in [9.17, 15) is 0 Å². The summed E-state index contributed by atoms with van der Waals surface area (Å²) in [5.41, 5.74) is 3.72. The molecule has 0 bridgehead atoms. The highest BCUT2D eigenvalue weighted by Gasteiger charge is 2.06. The van der Waals surface area contributed by atoms with Gasteiger partial charge in [0, 0.05) is 0 Å². The molecule has 1 rings (SSSR count). The number of hydrogen-bond acceptors (Lipinski definition) is 3. The van der Waals surface area contributed by atoms with Crippen molar-refractivity contribution in [2.24, 2.45) is 5.84 Å². The van der Waals surface area contributed by atoms with E-state index < -0.39 is 0 Å². The van der Waals surface area contributed by atoms with Gasteiger partial charge >= 0.3 is 0 Å². The molecule has 3 heteroatoms. The Labute approximate surface area is 90.9 Å². The minimum Gasteiger partial charge on any atom is -0.491 e. The smallest absolute Gasteiger partial charge is 0.120 e. The number of benzene rings is 1. The lowest BCUT2D eigenvalue weighted by molar-refractivity contribution is 0.242. The number of nitrogens with one attached hydrogen (secondary N) is 1. The van der Waals surface area contributed by atoms with Crippen LogP contribution in [0.5, 0.6) is 5.75 Å². The van der Waals surface area contributed by atoms with Crippen LogP contribution in [-0.2, 0) is 0 Å². The molecule has 1 unspecified atom stereocenters. The highest BCUT2D eigenvalue weighted by Crippen LogP contribution is 2.20. The van der Waals surface area contributed by atoms with Gasteiger partial charge in [-0.05, 0) is 31.5 Å². The van der Waals surface area contributed by atoms with E-state index in [-0.39, 0.29) is 12.1 Å². The Hall–Kier alpha value is -1.32. The Balaban J connectivity index is 2.86. The maximum Gasteiger partial charge on any atom is 0.120 e. The molecule has 0 saturated heterocycles. The van der Waals surface area contributed by atoms with Crippen molar-refractivity contribution in [2.45, 2.75) is 26.0 Å². The fourth-order valence-corrected chi connectivity index (χ4v) is 1.35. The molecular formula is C12H18N2O. The molecule has 0 aliphatic heterocycles. The Morgan fingerprint density at radius 2 is 2.20 bits per heavy atom. The normalized spacial score (nSPS) is 12.5. The zero-order chi connectivity index (χ0) is 11.3. The summed E-state index contributed by atoms with van der Waals surface area (Å²) < 4.78 is 5.59. The molecule has 3 nitrogen and oxygen atoms in total. The van der Waals surface area contributed by atoms with Gasteiger partial charge in [-0.15, -0.1) is 6.58 Å². The van der Waals surface area contributed by atoms with Gasteiger partial charge in [-0.2, -0.15) is 0 Å². The molecule has 0 saturated carbocycles. The van der Waals surface area contributed by atoms with Gasteiger partial charge in [-0.3, -0.25) is 5.84 Å². The molecule has 15 heavy (non-hydrogen) atoms. The third kappa shape index (κ3) is 3.38. The predicted molar refractivity (Wildman–Crippen MR) is 62.5 cm³/mol. The van der Waals surface area contributed by atoms with Crippen LogP contribution in [0, 0.1) is 0 Å². The van der Waals surface area contributed by atoms with Crippen LogP contribution in [0.4, 0.5) is 0 Å². The maximum absolute atomic E-state index is 5.59. The quantitative estimate of drug-likeness (QED) is 0.441. The molecule has 0 aliphatic rings. The van der Waals surface area contributed by atoms with Crippen LogP contribution >= 0.6 is 0 Å². The molecule has 0 aliphatic carbocycles. The number of ether oxygens (including phenoxy) is 1. The van der Waals surface area contributed by atoms with Crippen LogP contribution in [0.15, 0.2) is 36.9 Å². The van der Waals surface area contributed by atoms with Gasteiger partial charge in [0.1, 0.15) is 5.75 Å². The van der Waals surface area contributed by atoms with Crippen molar-refractivity contribution in [3.63, 3.8) is 0 Å². The van der Waals surface area contributed by atoms with Gasteiger partial charge in [0.05, 0.1) is 12.1 Å². The van der Waals surface area contributed by atoms with Gasteiger partial charge in [0.15, 0.2) is 0 Å². The molecule has 3 N–H and O–H groups in total. The molecular weight excluding hydrogens is 188 g/mol. The van der Waals surface area contributed by atoms with E-state index in [0.29, 0.717) is 0 Å². The van der Waals surface area contributed by atoms with Gasteiger partial charge in [-0.1, -0.05) is 18.2 Å². The molecule has 1 aromatic rings. The molecule has 1 aromatic carbocycles. The lowest BCUT2D eigenvalue weighted by atomic mass is 10.1. The first-order valence-electron chi connectivity index (χ1n) is 5.02. The second-order valence-electron chi connectivity index (χ2n) is 3.62. The van der Waals surface area contributed by atoms with Crippen molar-refractivity contribution in [1.29, 1.82) is 0 Å². The van der Waals surface area contributed by atoms with Crippen LogP contribution in [0.2, 0.25) is 0 Å². The molecule has 0 aromatic heterocycles. The van der Waals surface area contributed by atoms with E-state index in [1.165, 1.54) is 0 Å². The van der Waals surface area contributed by atoms with Crippen LogP contribution in [-0.4, -0.2) is 6.10 Å². The first-order valence-corrected chi connectivity index (χ1v) is 5.02. The average molecular weight is 206 g/mol. The Kier molecular flexibility index (Phi) is 4.34. The second kappa shape index (κ2) is 5.53. The lowest BCUT2D eigenvalue weighted by Crippen LogP contribution is -2.26. The molecule has 0 spiro atoms. The fraction of sp³-hybridized carbons (Fsp3) is 0.333. The summed E-state index contributed by atoms with van der Waals surface area (Å²) in [6.45, 7) is 7.71. The summed E-state index contributed by atoms with van der Waals surface area (Å²) in [6.07, 6.45) is 1.93. The van der Waals surface area contributed by atoms with Gasteiger partial charge < -0.3 is 4.74 Å². The van der Waals surface area contributed by atoms with Crippen LogP contribution in [0.25, 0.3) is 0 Å². The average Bonchev–Trinajstić information content (AvgIpc) is 2.19. The van der Waals surface area contributed by atoms with E-state index in [4.69, 9.17) is 10.6 Å². The van der Waals surface area contributed by atoms with Crippen LogP contribution < -0.4 is 16.0 Å². The largest absolute Gasteiger partial charge is 0.491 e. The summed E-state index contributed by atoms with van der Waals surface area (Å²) in [7, 11) is 0. The third-order valence-electron chi connectivity index (χ3n) is 2.00. The molecule has 0 heterocycles. The summed E-state index contributed by atoms with van der Waals surface area (Å²) >= 11 is 0. The molecule has 0 radical (unpaired) electrons. The molecule has 1 atom stereocenters. The van der Waals surface area contributed by atoms with E-state index in [1.54, 1.807) is 6.08 Å². The fourth-order valence-electron chi connectivity index (χ4n) is 1.35. The summed E-state index contributed by atoms with van der Waals surface area (Å²) in [5, 5.41) is 0. The van der Waals surface area contributed by atoms with Crippen molar-refractivity contribution in [1.82, 2.24) is 5.43 Å². The van der Waals surface area contributed by atoms with E-state index in [2.05, 4.69) is 12.0 Å². The molecule has 0 amide bonds. The van der Waals surface area contributed by atoms with Crippen molar-refractivity contribution in [3.05, 3.63) is 42.5 Å². The van der Waals surface area contributed by atoms with Crippen molar-refractivity contribution < 1.29 is 4.74 Å². The van der Waals surface area contributed by atoms with E-state index in [0.717, 1.165) is 11.3 Å². The monoisotopic (exact) mass is 206 g/mol. The second-order valence-corrected chi connectivity index (χ2v) is 3.62. The first-order chi connectivity index (χ1) is 7.17. The predicted octanol–water partition coefficient (Wildman–Crippen LogP) is 2.16. The summed E-state index contributed by atoms with van der Waals surface area (Å²) in [6, 6.07) is 7.79. The lowest BCUT2D eigenvalue weighted by Gasteiger charge is -2.14. The van der Waals surface area contributed by atoms with Crippen LogP contribution in [0.3, 0.4) is 0 Å². The van der Waals surface area contributed by atoms with Crippen molar-refractivity contribution in [2.75, 3.05) is 0 Å². The van der Waals surface area contributed by atoms with Gasteiger partial charge in [0.2, 0.25) is 0 Å². The summed E-state index contributed by atoms with van der Waals surface area (Å²) in [5.74, 6) is 6.26. The minimum atomic E-state index is -0.0410. The van der Waals surface area contributed by atoms with E-state index in [1.807, 2.05) is 38.1 Å². The maximum atomic E-state index is 5.59.